The van der Waals surface area contributed by atoms with Gasteiger partial charge in [-0.15, -0.1) is 11.3 Å². The Hall–Kier alpha value is -1.92. The predicted molar refractivity (Wildman–Crippen MR) is 76.3 cm³/mol. The van der Waals surface area contributed by atoms with Crippen molar-refractivity contribution in [2.45, 2.75) is 6.54 Å². The summed E-state index contributed by atoms with van der Waals surface area (Å²) in [5.74, 6) is 0.420. The number of hydrogen-bond acceptors (Lipinski definition) is 5. The van der Waals surface area contributed by atoms with E-state index in [0.29, 0.717) is 17.4 Å². The molecule has 0 aliphatic carbocycles. The molecule has 1 N–H and O–H groups in total. The Labute approximate surface area is 123 Å². The molecule has 0 saturated heterocycles. The fraction of sp³-hybridized carbons (Fsp3) is 0.0769. The minimum absolute atomic E-state index is 0.0693. The van der Waals surface area contributed by atoms with Crippen molar-refractivity contribution in [2.75, 3.05) is 5.32 Å². The normalized spacial score (nSPS) is 10.7. The highest BCUT2D eigenvalue weighted by Crippen LogP contribution is 2.23. The molecule has 0 spiro atoms. The lowest BCUT2D eigenvalue weighted by Gasteiger charge is -2.05. The number of benzene rings is 1. The molecular formula is C13H9ClFN3OS. The second kappa shape index (κ2) is 5.60. The summed E-state index contributed by atoms with van der Waals surface area (Å²) in [5, 5.41) is 8.76. The first-order valence-corrected chi connectivity index (χ1v) is 7.04. The predicted octanol–water partition coefficient (Wildman–Crippen LogP) is 4.20. The number of halogens is 2. The molecule has 0 atom stereocenters. The van der Waals surface area contributed by atoms with E-state index in [1.54, 1.807) is 12.1 Å². The largest absolute Gasteiger partial charge is 0.374 e. The second-order valence-electron chi connectivity index (χ2n) is 3.94. The van der Waals surface area contributed by atoms with Crippen molar-refractivity contribution >= 4 is 28.6 Å². The van der Waals surface area contributed by atoms with Crippen LogP contribution in [0.15, 0.2) is 40.2 Å². The topological polar surface area (TPSA) is 51.0 Å². The van der Waals surface area contributed by atoms with Gasteiger partial charge in [0.25, 0.3) is 0 Å². The fourth-order valence-electron chi connectivity index (χ4n) is 1.64. The third kappa shape index (κ3) is 2.66. The number of thiophene rings is 1. The number of rotatable bonds is 4. The van der Waals surface area contributed by atoms with Crippen molar-refractivity contribution in [2.24, 2.45) is 0 Å². The highest BCUT2D eigenvalue weighted by Gasteiger charge is 2.11. The Kier molecular flexibility index (Phi) is 3.66. The Bertz CT molecular complexity index is 714. The molecule has 0 bridgehead atoms. The summed E-state index contributed by atoms with van der Waals surface area (Å²) in [4.78, 5) is 5.16. The molecule has 7 heteroatoms. The van der Waals surface area contributed by atoms with Gasteiger partial charge in [0.15, 0.2) is 5.82 Å². The molecule has 3 rings (SSSR count). The summed E-state index contributed by atoms with van der Waals surface area (Å²) in [6.07, 6.45) is 0. The van der Waals surface area contributed by atoms with Crippen LogP contribution in [0.3, 0.4) is 0 Å². The van der Waals surface area contributed by atoms with Gasteiger partial charge in [0.05, 0.1) is 22.1 Å². The summed E-state index contributed by atoms with van der Waals surface area (Å²) in [6.45, 7) is 0.232. The standard InChI is InChI=1S/C13H9ClFN3OS/c14-8-3-1-4-9(12(8)15)16-7-11-17-13(18-19-11)10-5-2-6-20-10/h1-6,16H,7H2. The van der Waals surface area contributed by atoms with Crippen LogP contribution in [-0.2, 0) is 6.54 Å². The van der Waals surface area contributed by atoms with Crippen LogP contribution in [0.4, 0.5) is 10.1 Å². The van der Waals surface area contributed by atoms with Crippen LogP contribution >= 0.6 is 22.9 Å². The van der Waals surface area contributed by atoms with Crippen molar-refractivity contribution in [3.05, 3.63) is 52.4 Å². The van der Waals surface area contributed by atoms with Gasteiger partial charge in [-0.25, -0.2) is 4.39 Å². The van der Waals surface area contributed by atoms with Gasteiger partial charge in [0.2, 0.25) is 11.7 Å². The molecule has 20 heavy (non-hydrogen) atoms. The van der Waals surface area contributed by atoms with E-state index < -0.39 is 5.82 Å². The number of hydrogen-bond donors (Lipinski definition) is 1. The van der Waals surface area contributed by atoms with Gasteiger partial charge in [-0.1, -0.05) is 28.9 Å². The van der Waals surface area contributed by atoms with Gasteiger partial charge in [0, 0.05) is 0 Å². The maximum atomic E-state index is 13.7. The Balaban J connectivity index is 1.71. The lowest BCUT2D eigenvalue weighted by molar-refractivity contribution is 0.384. The van der Waals surface area contributed by atoms with E-state index in [4.69, 9.17) is 16.1 Å². The van der Waals surface area contributed by atoms with Crippen molar-refractivity contribution < 1.29 is 8.91 Å². The van der Waals surface area contributed by atoms with Gasteiger partial charge < -0.3 is 9.84 Å². The maximum Gasteiger partial charge on any atom is 0.246 e. The van der Waals surface area contributed by atoms with Gasteiger partial charge in [-0.3, -0.25) is 0 Å². The van der Waals surface area contributed by atoms with E-state index in [1.807, 2.05) is 17.5 Å². The smallest absolute Gasteiger partial charge is 0.246 e. The monoisotopic (exact) mass is 309 g/mol. The lowest BCUT2D eigenvalue weighted by atomic mass is 10.3. The second-order valence-corrected chi connectivity index (χ2v) is 5.30. The first-order valence-electron chi connectivity index (χ1n) is 5.78. The summed E-state index contributed by atoms with van der Waals surface area (Å²) in [6, 6.07) is 8.57. The van der Waals surface area contributed by atoms with E-state index >= 15 is 0 Å². The van der Waals surface area contributed by atoms with Crippen molar-refractivity contribution in [3.63, 3.8) is 0 Å². The highest BCUT2D eigenvalue weighted by atomic mass is 35.5. The van der Waals surface area contributed by atoms with Crippen LogP contribution < -0.4 is 5.32 Å². The molecule has 4 nitrogen and oxygen atoms in total. The van der Waals surface area contributed by atoms with Gasteiger partial charge >= 0.3 is 0 Å². The van der Waals surface area contributed by atoms with Crippen LogP contribution in [0.1, 0.15) is 5.89 Å². The summed E-state index contributed by atoms with van der Waals surface area (Å²) < 4.78 is 18.8. The third-order valence-corrected chi connectivity index (χ3v) is 3.75. The van der Waals surface area contributed by atoms with E-state index in [1.165, 1.54) is 17.4 Å². The maximum absolute atomic E-state index is 13.7. The molecule has 2 aromatic heterocycles. The van der Waals surface area contributed by atoms with E-state index in [9.17, 15) is 4.39 Å². The zero-order valence-electron chi connectivity index (χ0n) is 10.1. The average molecular weight is 310 g/mol. The lowest BCUT2D eigenvalue weighted by Crippen LogP contribution is -2.01. The Morgan fingerprint density at radius 3 is 3.00 bits per heavy atom. The SMILES string of the molecule is Fc1c(Cl)cccc1NCc1nc(-c2cccs2)no1. The van der Waals surface area contributed by atoms with Gasteiger partial charge in [0.1, 0.15) is 0 Å². The molecule has 1 aromatic carbocycles. The van der Waals surface area contributed by atoms with Crippen LogP contribution in [0.2, 0.25) is 5.02 Å². The van der Waals surface area contributed by atoms with Gasteiger partial charge in [-0.2, -0.15) is 4.98 Å². The Morgan fingerprint density at radius 1 is 1.30 bits per heavy atom. The quantitative estimate of drug-likeness (QED) is 0.784. The molecule has 102 valence electrons. The molecule has 0 saturated carbocycles. The number of aromatic nitrogens is 2. The zero-order chi connectivity index (χ0) is 13.9. The fourth-order valence-corrected chi connectivity index (χ4v) is 2.47. The summed E-state index contributed by atoms with van der Waals surface area (Å²) >= 11 is 7.23. The summed E-state index contributed by atoms with van der Waals surface area (Å²) in [7, 11) is 0. The van der Waals surface area contributed by atoms with Crippen molar-refractivity contribution in [1.82, 2.24) is 10.1 Å². The number of nitrogens with one attached hydrogen (secondary N) is 1. The zero-order valence-corrected chi connectivity index (χ0v) is 11.7. The highest BCUT2D eigenvalue weighted by molar-refractivity contribution is 7.13. The first kappa shape index (κ1) is 13.1. The van der Waals surface area contributed by atoms with Crippen molar-refractivity contribution in [3.8, 4) is 10.7 Å². The first-order chi connectivity index (χ1) is 9.74. The number of nitrogens with zero attached hydrogens (tertiary/aromatic N) is 2. The number of anilines is 1. The van der Waals surface area contributed by atoms with Crippen LogP contribution in [-0.4, -0.2) is 10.1 Å². The molecule has 0 amide bonds. The van der Waals surface area contributed by atoms with Crippen LogP contribution in [0.5, 0.6) is 0 Å². The van der Waals surface area contributed by atoms with Crippen LogP contribution in [0.25, 0.3) is 10.7 Å². The van der Waals surface area contributed by atoms with E-state index in [-0.39, 0.29) is 11.6 Å². The molecular weight excluding hydrogens is 301 g/mol. The molecule has 0 aliphatic rings. The van der Waals surface area contributed by atoms with Crippen LogP contribution in [0, 0.1) is 5.82 Å². The molecule has 2 heterocycles. The molecule has 0 radical (unpaired) electrons. The van der Waals surface area contributed by atoms with Gasteiger partial charge in [-0.05, 0) is 23.6 Å². The third-order valence-electron chi connectivity index (χ3n) is 2.59. The van der Waals surface area contributed by atoms with Crippen molar-refractivity contribution in [1.29, 1.82) is 0 Å². The molecule has 0 unspecified atom stereocenters. The minimum Gasteiger partial charge on any atom is -0.374 e. The Morgan fingerprint density at radius 2 is 2.20 bits per heavy atom. The summed E-state index contributed by atoms with van der Waals surface area (Å²) in [5.41, 5.74) is 0.299. The van der Waals surface area contributed by atoms with E-state index in [2.05, 4.69) is 15.5 Å². The molecule has 3 aromatic rings. The average Bonchev–Trinajstić information content (AvgIpc) is 3.10. The molecule has 0 fully saturated rings. The molecule has 0 aliphatic heterocycles. The van der Waals surface area contributed by atoms with E-state index in [0.717, 1.165) is 4.88 Å². The minimum atomic E-state index is -0.493.